The highest BCUT2D eigenvalue weighted by atomic mass is 35.5. The standard InChI is InChI=1S/C17H17ClN4O2/c1-3-24-17(23)14-10-19-16-13(9-15(18)20-22(14)16)21(2)11-12-7-5-4-6-8-12/h4-10H,3,11H2,1-2H3. The van der Waals surface area contributed by atoms with Crippen molar-refractivity contribution in [3.63, 3.8) is 0 Å². The fraction of sp³-hybridized carbons (Fsp3) is 0.235. The summed E-state index contributed by atoms with van der Waals surface area (Å²) in [5.74, 6) is -0.476. The molecule has 6 nitrogen and oxygen atoms in total. The second-order valence-electron chi connectivity index (χ2n) is 5.29. The van der Waals surface area contributed by atoms with Gasteiger partial charge in [-0.25, -0.2) is 14.3 Å². The van der Waals surface area contributed by atoms with Gasteiger partial charge in [-0.3, -0.25) is 0 Å². The van der Waals surface area contributed by atoms with E-state index in [9.17, 15) is 4.79 Å². The maximum atomic E-state index is 12.0. The van der Waals surface area contributed by atoms with Crippen LogP contribution in [0.15, 0.2) is 42.6 Å². The van der Waals surface area contributed by atoms with Crippen molar-refractivity contribution in [1.82, 2.24) is 14.6 Å². The van der Waals surface area contributed by atoms with Crippen molar-refractivity contribution in [2.45, 2.75) is 13.5 Å². The first-order valence-electron chi connectivity index (χ1n) is 7.56. The molecule has 24 heavy (non-hydrogen) atoms. The van der Waals surface area contributed by atoms with Crippen LogP contribution in [0.25, 0.3) is 5.65 Å². The van der Waals surface area contributed by atoms with Crippen molar-refractivity contribution in [2.24, 2.45) is 0 Å². The molecule has 2 aromatic heterocycles. The average Bonchev–Trinajstić information content (AvgIpc) is 2.99. The molecule has 0 radical (unpaired) electrons. The van der Waals surface area contributed by atoms with Crippen molar-refractivity contribution >= 4 is 28.9 Å². The number of rotatable bonds is 5. The molecule has 0 N–H and O–H groups in total. The molecule has 124 valence electrons. The Morgan fingerprint density at radius 1 is 1.33 bits per heavy atom. The lowest BCUT2D eigenvalue weighted by atomic mass is 10.2. The molecule has 0 spiro atoms. The maximum absolute atomic E-state index is 12.0. The maximum Gasteiger partial charge on any atom is 0.358 e. The van der Waals surface area contributed by atoms with Crippen LogP contribution in [0.2, 0.25) is 5.15 Å². The molecular formula is C17H17ClN4O2. The van der Waals surface area contributed by atoms with E-state index in [0.29, 0.717) is 12.2 Å². The molecule has 0 saturated carbocycles. The van der Waals surface area contributed by atoms with E-state index in [-0.39, 0.29) is 17.5 Å². The van der Waals surface area contributed by atoms with Gasteiger partial charge < -0.3 is 9.64 Å². The zero-order valence-corrected chi connectivity index (χ0v) is 14.2. The van der Waals surface area contributed by atoms with Crippen LogP contribution >= 0.6 is 11.6 Å². The predicted octanol–water partition coefficient (Wildman–Crippen LogP) is 3.20. The predicted molar refractivity (Wildman–Crippen MR) is 92.5 cm³/mol. The summed E-state index contributed by atoms with van der Waals surface area (Å²) in [6, 6.07) is 11.8. The van der Waals surface area contributed by atoms with E-state index < -0.39 is 5.97 Å². The lowest BCUT2D eigenvalue weighted by Gasteiger charge is -2.20. The minimum absolute atomic E-state index is 0.253. The molecule has 0 unspecified atom stereocenters. The van der Waals surface area contributed by atoms with E-state index in [4.69, 9.17) is 16.3 Å². The summed E-state index contributed by atoms with van der Waals surface area (Å²) in [6.45, 7) is 2.71. The molecule has 0 aliphatic rings. The summed E-state index contributed by atoms with van der Waals surface area (Å²) in [6.07, 6.45) is 1.45. The summed E-state index contributed by atoms with van der Waals surface area (Å²) in [5, 5.41) is 4.46. The molecule has 0 aliphatic carbocycles. The largest absolute Gasteiger partial charge is 0.461 e. The SMILES string of the molecule is CCOC(=O)c1cnc2c(N(C)Cc3ccccc3)cc(Cl)nn12. The second-order valence-corrected chi connectivity index (χ2v) is 5.68. The summed E-state index contributed by atoms with van der Waals surface area (Å²) in [7, 11) is 1.94. The van der Waals surface area contributed by atoms with E-state index in [1.807, 2.05) is 42.3 Å². The Morgan fingerprint density at radius 3 is 2.79 bits per heavy atom. The topological polar surface area (TPSA) is 59.7 Å². The number of carbonyl (C=O) groups excluding carboxylic acids is 1. The molecule has 0 bridgehead atoms. The fourth-order valence-corrected chi connectivity index (χ4v) is 2.67. The zero-order valence-electron chi connectivity index (χ0n) is 13.4. The Labute approximate surface area is 144 Å². The Bertz CT molecular complexity index is 864. The normalized spacial score (nSPS) is 10.8. The number of hydrogen-bond acceptors (Lipinski definition) is 5. The number of esters is 1. The Morgan fingerprint density at radius 2 is 2.08 bits per heavy atom. The van der Waals surface area contributed by atoms with E-state index in [1.165, 1.54) is 10.7 Å². The van der Waals surface area contributed by atoms with Gasteiger partial charge in [-0.1, -0.05) is 41.9 Å². The average molecular weight is 345 g/mol. The smallest absolute Gasteiger partial charge is 0.358 e. The molecule has 7 heteroatoms. The van der Waals surface area contributed by atoms with Gasteiger partial charge in [-0.05, 0) is 12.5 Å². The highest BCUT2D eigenvalue weighted by molar-refractivity contribution is 6.29. The lowest BCUT2D eigenvalue weighted by Crippen LogP contribution is -2.18. The third-order valence-electron chi connectivity index (χ3n) is 3.58. The van der Waals surface area contributed by atoms with Gasteiger partial charge in [0.2, 0.25) is 0 Å². The summed E-state index contributed by atoms with van der Waals surface area (Å²) < 4.78 is 6.46. The van der Waals surface area contributed by atoms with Gasteiger partial charge in [0.1, 0.15) is 0 Å². The number of fused-ring (bicyclic) bond motifs is 1. The van der Waals surface area contributed by atoms with Gasteiger partial charge in [-0.2, -0.15) is 5.10 Å². The molecule has 0 saturated heterocycles. The number of nitrogens with zero attached hydrogens (tertiary/aromatic N) is 4. The van der Waals surface area contributed by atoms with Crippen LogP contribution in [-0.2, 0) is 11.3 Å². The molecule has 0 fully saturated rings. The van der Waals surface area contributed by atoms with E-state index in [1.54, 1.807) is 13.0 Å². The number of hydrogen-bond donors (Lipinski definition) is 0. The second kappa shape index (κ2) is 6.88. The van der Waals surface area contributed by atoms with Crippen LogP contribution in [-0.4, -0.2) is 34.2 Å². The van der Waals surface area contributed by atoms with Crippen LogP contribution in [0.3, 0.4) is 0 Å². The minimum atomic E-state index is -0.476. The minimum Gasteiger partial charge on any atom is -0.461 e. The first-order chi connectivity index (χ1) is 11.6. The van der Waals surface area contributed by atoms with E-state index in [0.717, 1.165) is 11.3 Å². The van der Waals surface area contributed by atoms with Crippen LogP contribution in [0.1, 0.15) is 23.0 Å². The van der Waals surface area contributed by atoms with Crippen LogP contribution < -0.4 is 4.90 Å². The van der Waals surface area contributed by atoms with Gasteiger partial charge in [0.05, 0.1) is 18.5 Å². The number of ether oxygens (including phenoxy) is 1. The zero-order chi connectivity index (χ0) is 17.1. The number of carbonyl (C=O) groups is 1. The first-order valence-corrected chi connectivity index (χ1v) is 7.94. The summed E-state index contributed by atoms with van der Waals surface area (Å²) >= 11 is 6.14. The number of halogens is 1. The van der Waals surface area contributed by atoms with Crippen molar-refractivity contribution in [2.75, 3.05) is 18.6 Å². The van der Waals surface area contributed by atoms with Crippen molar-refractivity contribution in [1.29, 1.82) is 0 Å². The van der Waals surface area contributed by atoms with Crippen molar-refractivity contribution in [3.8, 4) is 0 Å². The molecular weight excluding hydrogens is 328 g/mol. The lowest BCUT2D eigenvalue weighted by molar-refractivity contribution is 0.0517. The van der Waals surface area contributed by atoms with Crippen LogP contribution in [0.4, 0.5) is 5.69 Å². The number of aromatic nitrogens is 3. The van der Waals surface area contributed by atoms with Gasteiger partial charge in [0.15, 0.2) is 16.5 Å². The van der Waals surface area contributed by atoms with Gasteiger partial charge >= 0.3 is 5.97 Å². The molecule has 3 rings (SSSR count). The number of anilines is 1. The van der Waals surface area contributed by atoms with Crippen LogP contribution in [0, 0.1) is 0 Å². The van der Waals surface area contributed by atoms with Crippen molar-refractivity contribution < 1.29 is 9.53 Å². The van der Waals surface area contributed by atoms with Crippen LogP contribution in [0.5, 0.6) is 0 Å². The molecule has 0 aliphatic heterocycles. The Kier molecular flexibility index (Phi) is 4.66. The first kappa shape index (κ1) is 16.3. The molecule has 3 aromatic rings. The summed E-state index contributed by atoms with van der Waals surface area (Å²) in [5.41, 5.74) is 2.75. The van der Waals surface area contributed by atoms with Gasteiger partial charge in [-0.15, -0.1) is 0 Å². The molecule has 1 aromatic carbocycles. The molecule has 0 amide bonds. The Balaban J connectivity index is 2.00. The number of benzene rings is 1. The third kappa shape index (κ3) is 3.19. The monoisotopic (exact) mass is 344 g/mol. The van der Waals surface area contributed by atoms with Gasteiger partial charge in [0.25, 0.3) is 0 Å². The highest BCUT2D eigenvalue weighted by Gasteiger charge is 2.19. The van der Waals surface area contributed by atoms with E-state index in [2.05, 4.69) is 10.1 Å². The molecule has 0 atom stereocenters. The van der Waals surface area contributed by atoms with E-state index >= 15 is 0 Å². The number of imidazole rings is 1. The molecule has 2 heterocycles. The summed E-state index contributed by atoms with van der Waals surface area (Å²) in [4.78, 5) is 18.4. The quantitative estimate of drug-likeness (QED) is 0.665. The highest BCUT2D eigenvalue weighted by Crippen LogP contribution is 2.25. The Hall–Kier alpha value is -2.60. The van der Waals surface area contributed by atoms with Crippen molar-refractivity contribution in [3.05, 3.63) is 59.0 Å². The fourth-order valence-electron chi connectivity index (χ4n) is 2.49. The van der Waals surface area contributed by atoms with Gasteiger partial charge in [0, 0.05) is 19.7 Å². The third-order valence-corrected chi connectivity index (χ3v) is 3.76.